The molecule has 1 heterocycles. The normalized spacial score (nSPS) is 10.3. The number of pyridine rings is 1. The second-order valence-electron chi connectivity index (χ2n) is 3.30. The smallest absolute Gasteiger partial charge is 0.219 e. The van der Waals surface area contributed by atoms with Crippen LogP contribution in [0.1, 0.15) is 5.69 Å². The van der Waals surface area contributed by atoms with Gasteiger partial charge in [-0.2, -0.15) is 0 Å². The minimum atomic E-state index is -0.431. The van der Waals surface area contributed by atoms with Crippen molar-refractivity contribution < 1.29 is 14.2 Å². The van der Waals surface area contributed by atoms with Gasteiger partial charge in [-0.25, -0.2) is 9.37 Å². The molecule has 0 radical (unpaired) electrons. The molecule has 3 nitrogen and oxygen atoms in total. The molecule has 1 aromatic carbocycles. The average Bonchev–Trinajstić information content (AvgIpc) is 2.33. The van der Waals surface area contributed by atoms with Crippen LogP contribution in [0.15, 0.2) is 36.4 Å². The van der Waals surface area contributed by atoms with Crippen molar-refractivity contribution in [3.63, 3.8) is 0 Å². The van der Waals surface area contributed by atoms with E-state index < -0.39 is 5.82 Å². The van der Waals surface area contributed by atoms with Crippen molar-refractivity contribution in [3.05, 3.63) is 52.9 Å². The van der Waals surface area contributed by atoms with Gasteiger partial charge < -0.3 is 9.84 Å². The van der Waals surface area contributed by atoms with Gasteiger partial charge in [-0.3, -0.25) is 0 Å². The second kappa shape index (κ2) is 5.12. The van der Waals surface area contributed by atoms with Gasteiger partial charge in [0.1, 0.15) is 11.6 Å². The Labute approximate surface area is 102 Å². The van der Waals surface area contributed by atoms with E-state index in [0.717, 1.165) is 6.07 Å². The van der Waals surface area contributed by atoms with Gasteiger partial charge in [0, 0.05) is 6.07 Å². The molecule has 1 N–H and O–H groups in total. The Bertz CT molecular complexity index is 534. The van der Waals surface area contributed by atoms with E-state index in [1.807, 2.05) is 0 Å². The number of hydrogen-bond acceptors (Lipinski definition) is 3. The summed E-state index contributed by atoms with van der Waals surface area (Å²) in [6.45, 7) is -0.172. The molecule has 0 amide bonds. The number of aromatic nitrogens is 1. The number of nitrogens with zero attached hydrogens (tertiary/aromatic N) is 1. The molecule has 1 aromatic heterocycles. The third-order valence-electron chi connectivity index (χ3n) is 2.05. The lowest BCUT2D eigenvalue weighted by Crippen LogP contribution is -1.93. The van der Waals surface area contributed by atoms with Crippen LogP contribution in [0.2, 0.25) is 5.02 Å². The van der Waals surface area contributed by atoms with E-state index in [1.165, 1.54) is 12.1 Å². The first kappa shape index (κ1) is 11.8. The molecule has 0 unspecified atom stereocenters. The van der Waals surface area contributed by atoms with Crippen LogP contribution in [0.3, 0.4) is 0 Å². The van der Waals surface area contributed by atoms with Crippen LogP contribution >= 0.6 is 11.6 Å². The van der Waals surface area contributed by atoms with E-state index in [0.29, 0.717) is 17.3 Å². The second-order valence-corrected chi connectivity index (χ2v) is 3.71. The Morgan fingerprint density at radius 1 is 1.29 bits per heavy atom. The standard InChI is InChI=1S/C12H9ClFNO2/c13-10-6-8(14)4-5-11(10)17-12-3-1-2-9(7-16)15-12/h1-6,16H,7H2. The van der Waals surface area contributed by atoms with Crippen LogP contribution < -0.4 is 4.74 Å². The zero-order valence-corrected chi connectivity index (χ0v) is 9.49. The van der Waals surface area contributed by atoms with Gasteiger partial charge in [-0.05, 0) is 24.3 Å². The molecule has 88 valence electrons. The van der Waals surface area contributed by atoms with Crippen molar-refractivity contribution in [2.75, 3.05) is 0 Å². The fraction of sp³-hybridized carbons (Fsp3) is 0.0833. The van der Waals surface area contributed by atoms with Crippen molar-refractivity contribution >= 4 is 11.6 Å². The van der Waals surface area contributed by atoms with Gasteiger partial charge >= 0.3 is 0 Å². The molecule has 2 rings (SSSR count). The molecule has 5 heteroatoms. The summed E-state index contributed by atoms with van der Waals surface area (Å²) in [4.78, 5) is 4.03. The highest BCUT2D eigenvalue weighted by Gasteiger charge is 2.05. The average molecular weight is 254 g/mol. The fourth-order valence-corrected chi connectivity index (χ4v) is 1.48. The number of benzene rings is 1. The van der Waals surface area contributed by atoms with E-state index in [9.17, 15) is 4.39 Å². The molecule has 0 saturated carbocycles. The third kappa shape index (κ3) is 2.93. The maximum Gasteiger partial charge on any atom is 0.219 e. The first-order valence-electron chi connectivity index (χ1n) is 4.89. The van der Waals surface area contributed by atoms with Gasteiger partial charge in [-0.1, -0.05) is 17.7 Å². The van der Waals surface area contributed by atoms with Gasteiger partial charge in [0.2, 0.25) is 5.88 Å². The van der Waals surface area contributed by atoms with Crippen LogP contribution in [0.4, 0.5) is 4.39 Å². The van der Waals surface area contributed by atoms with Crippen LogP contribution in [-0.4, -0.2) is 10.1 Å². The lowest BCUT2D eigenvalue weighted by molar-refractivity contribution is 0.275. The lowest BCUT2D eigenvalue weighted by atomic mass is 10.3. The van der Waals surface area contributed by atoms with Crippen molar-refractivity contribution in [1.29, 1.82) is 0 Å². The first-order valence-corrected chi connectivity index (χ1v) is 5.26. The van der Waals surface area contributed by atoms with E-state index in [4.69, 9.17) is 21.4 Å². The molecule has 0 fully saturated rings. The van der Waals surface area contributed by atoms with Crippen molar-refractivity contribution in [2.45, 2.75) is 6.61 Å². The number of aliphatic hydroxyl groups is 1. The van der Waals surface area contributed by atoms with Crippen LogP contribution in [0.5, 0.6) is 11.6 Å². The van der Waals surface area contributed by atoms with E-state index in [2.05, 4.69) is 4.98 Å². The highest BCUT2D eigenvalue weighted by molar-refractivity contribution is 6.32. The van der Waals surface area contributed by atoms with E-state index >= 15 is 0 Å². The molecular weight excluding hydrogens is 245 g/mol. The van der Waals surface area contributed by atoms with Crippen LogP contribution in [0.25, 0.3) is 0 Å². The van der Waals surface area contributed by atoms with Gasteiger partial charge in [-0.15, -0.1) is 0 Å². The van der Waals surface area contributed by atoms with Crippen LogP contribution in [0, 0.1) is 5.82 Å². The number of halogens is 2. The Hall–Kier alpha value is -1.65. The summed E-state index contributed by atoms with van der Waals surface area (Å²) in [7, 11) is 0. The number of rotatable bonds is 3. The van der Waals surface area contributed by atoms with Gasteiger partial charge in [0.05, 0.1) is 17.3 Å². The first-order chi connectivity index (χ1) is 8.19. The zero-order chi connectivity index (χ0) is 12.3. The topological polar surface area (TPSA) is 42.4 Å². The summed E-state index contributed by atoms with van der Waals surface area (Å²) in [5.74, 6) is 0.181. The molecule has 0 aliphatic carbocycles. The highest BCUT2D eigenvalue weighted by Crippen LogP contribution is 2.28. The van der Waals surface area contributed by atoms with Crippen LogP contribution in [-0.2, 0) is 6.61 Å². The SMILES string of the molecule is OCc1cccc(Oc2ccc(F)cc2Cl)n1. The minimum absolute atomic E-state index is 0.168. The highest BCUT2D eigenvalue weighted by atomic mass is 35.5. The Balaban J connectivity index is 2.25. The quantitative estimate of drug-likeness (QED) is 0.914. The summed E-state index contributed by atoms with van der Waals surface area (Å²) in [6, 6.07) is 8.82. The third-order valence-corrected chi connectivity index (χ3v) is 2.35. The molecule has 0 saturated heterocycles. The zero-order valence-electron chi connectivity index (χ0n) is 8.73. The summed E-state index contributed by atoms with van der Waals surface area (Å²) >= 11 is 5.81. The van der Waals surface area contributed by atoms with Crippen molar-refractivity contribution in [1.82, 2.24) is 4.98 Å². The number of aliphatic hydroxyl groups excluding tert-OH is 1. The van der Waals surface area contributed by atoms with Crippen molar-refractivity contribution in [3.8, 4) is 11.6 Å². The fourth-order valence-electron chi connectivity index (χ4n) is 1.27. The lowest BCUT2D eigenvalue weighted by Gasteiger charge is -2.07. The van der Waals surface area contributed by atoms with E-state index in [-0.39, 0.29) is 11.6 Å². The maximum atomic E-state index is 12.8. The Morgan fingerprint density at radius 3 is 2.82 bits per heavy atom. The van der Waals surface area contributed by atoms with Gasteiger partial charge in [0.15, 0.2) is 0 Å². The maximum absolute atomic E-state index is 12.8. The predicted octanol–water partition coefficient (Wildman–Crippen LogP) is 3.16. The summed E-state index contributed by atoms with van der Waals surface area (Å²) in [5.41, 5.74) is 0.487. The molecular formula is C12H9ClFNO2. The van der Waals surface area contributed by atoms with Crippen molar-refractivity contribution in [2.24, 2.45) is 0 Å². The molecule has 0 atom stereocenters. The summed E-state index contributed by atoms with van der Waals surface area (Å²) in [5, 5.41) is 9.09. The number of hydrogen-bond donors (Lipinski definition) is 1. The molecule has 0 bridgehead atoms. The Morgan fingerprint density at radius 2 is 2.12 bits per heavy atom. The molecule has 0 aliphatic rings. The van der Waals surface area contributed by atoms with Gasteiger partial charge in [0.25, 0.3) is 0 Å². The molecule has 0 aliphatic heterocycles. The minimum Gasteiger partial charge on any atom is -0.437 e. The monoisotopic (exact) mass is 253 g/mol. The molecule has 17 heavy (non-hydrogen) atoms. The predicted molar refractivity (Wildman–Crippen MR) is 61.6 cm³/mol. The molecule has 0 spiro atoms. The number of ether oxygens (including phenoxy) is 1. The molecule has 2 aromatic rings. The van der Waals surface area contributed by atoms with E-state index in [1.54, 1.807) is 18.2 Å². The summed E-state index contributed by atoms with van der Waals surface area (Å²) < 4.78 is 18.2. The largest absolute Gasteiger partial charge is 0.437 e. The summed E-state index contributed by atoms with van der Waals surface area (Å²) in [6.07, 6.45) is 0. The Kier molecular flexibility index (Phi) is 3.56.